The molecular formula is C19H25NO. The Hall–Kier alpha value is -1.10. The molecule has 0 spiro atoms. The fraction of sp³-hybridized carbons (Fsp3) is 0.789. The van der Waals surface area contributed by atoms with E-state index >= 15 is 0 Å². The molecule has 3 saturated carbocycles. The summed E-state index contributed by atoms with van der Waals surface area (Å²) in [5, 5.41) is 9.24. The van der Waals surface area contributed by atoms with Crippen LogP contribution in [-0.4, -0.2) is 5.78 Å². The van der Waals surface area contributed by atoms with Crippen molar-refractivity contribution in [2.24, 2.45) is 35.0 Å². The monoisotopic (exact) mass is 283 g/mol. The predicted molar refractivity (Wildman–Crippen MR) is 81.2 cm³/mol. The summed E-state index contributed by atoms with van der Waals surface area (Å²) in [5.74, 6) is 2.77. The summed E-state index contributed by atoms with van der Waals surface area (Å²) < 4.78 is 0. The molecule has 0 heterocycles. The van der Waals surface area contributed by atoms with Crippen LogP contribution in [0.1, 0.15) is 58.3 Å². The van der Waals surface area contributed by atoms with Gasteiger partial charge in [0.25, 0.3) is 0 Å². The molecule has 0 radical (unpaired) electrons. The van der Waals surface area contributed by atoms with Gasteiger partial charge in [-0.2, -0.15) is 5.26 Å². The molecule has 0 saturated heterocycles. The molecule has 2 heteroatoms. The van der Waals surface area contributed by atoms with Crippen molar-refractivity contribution >= 4 is 5.78 Å². The van der Waals surface area contributed by atoms with E-state index in [1.807, 2.05) is 6.08 Å². The molecule has 1 unspecified atom stereocenters. The highest BCUT2D eigenvalue weighted by molar-refractivity contribution is 5.95. The van der Waals surface area contributed by atoms with Crippen LogP contribution in [0.5, 0.6) is 0 Å². The fourth-order valence-corrected chi connectivity index (χ4v) is 6.29. The molecule has 4 aliphatic carbocycles. The van der Waals surface area contributed by atoms with Crippen molar-refractivity contribution in [2.75, 3.05) is 0 Å². The second-order valence-electron chi connectivity index (χ2n) is 8.20. The first-order valence-electron chi connectivity index (χ1n) is 8.76. The van der Waals surface area contributed by atoms with Gasteiger partial charge in [-0.05, 0) is 80.1 Å². The van der Waals surface area contributed by atoms with Crippen LogP contribution in [0.25, 0.3) is 0 Å². The number of nitriles is 1. The van der Waals surface area contributed by atoms with Crippen molar-refractivity contribution in [3.8, 4) is 6.07 Å². The fourth-order valence-electron chi connectivity index (χ4n) is 6.29. The number of carbonyl (C=O) groups excluding carboxylic acids is 1. The van der Waals surface area contributed by atoms with E-state index in [0.717, 1.165) is 30.6 Å². The first-order valence-corrected chi connectivity index (χ1v) is 8.76. The zero-order valence-corrected chi connectivity index (χ0v) is 13.0. The Morgan fingerprint density at radius 2 is 2.10 bits per heavy atom. The van der Waals surface area contributed by atoms with Crippen LogP contribution >= 0.6 is 0 Å². The van der Waals surface area contributed by atoms with E-state index in [1.54, 1.807) is 0 Å². The molecule has 0 bridgehead atoms. The van der Waals surface area contributed by atoms with Crippen LogP contribution in [0.2, 0.25) is 0 Å². The number of ketones is 1. The summed E-state index contributed by atoms with van der Waals surface area (Å²) in [6.45, 7) is 2.52. The van der Waals surface area contributed by atoms with Crippen LogP contribution in [0.3, 0.4) is 0 Å². The molecule has 2 nitrogen and oxygen atoms in total. The maximum absolute atomic E-state index is 12.0. The highest BCUT2D eigenvalue weighted by atomic mass is 16.1. The van der Waals surface area contributed by atoms with Gasteiger partial charge in [-0.3, -0.25) is 4.79 Å². The van der Waals surface area contributed by atoms with Crippen LogP contribution < -0.4 is 0 Å². The minimum atomic E-state index is -0.366. The first kappa shape index (κ1) is 13.6. The second kappa shape index (κ2) is 4.70. The van der Waals surface area contributed by atoms with E-state index in [9.17, 15) is 10.1 Å². The van der Waals surface area contributed by atoms with E-state index in [0.29, 0.717) is 11.3 Å². The summed E-state index contributed by atoms with van der Waals surface area (Å²) in [6.07, 6.45) is 12.0. The average Bonchev–Trinajstić information content (AvgIpc) is 2.88. The molecule has 112 valence electrons. The third-order valence-corrected chi connectivity index (χ3v) is 7.35. The number of hydrogen-bond acceptors (Lipinski definition) is 2. The van der Waals surface area contributed by atoms with E-state index in [-0.39, 0.29) is 11.7 Å². The molecule has 0 amide bonds. The zero-order valence-electron chi connectivity index (χ0n) is 13.0. The van der Waals surface area contributed by atoms with Gasteiger partial charge in [0, 0.05) is 0 Å². The Morgan fingerprint density at radius 3 is 2.90 bits per heavy atom. The number of carbonyl (C=O) groups is 1. The molecule has 6 atom stereocenters. The normalized spacial score (nSPS) is 48.7. The van der Waals surface area contributed by atoms with Crippen molar-refractivity contribution in [3.63, 3.8) is 0 Å². The van der Waals surface area contributed by atoms with Crippen LogP contribution in [0.4, 0.5) is 0 Å². The smallest absolute Gasteiger partial charge is 0.172 e. The summed E-state index contributed by atoms with van der Waals surface area (Å²) in [6, 6.07) is 2.24. The molecule has 4 aliphatic rings. The largest absolute Gasteiger partial charge is 0.293 e. The van der Waals surface area contributed by atoms with Gasteiger partial charge < -0.3 is 0 Å². The van der Waals surface area contributed by atoms with Gasteiger partial charge in [0.15, 0.2) is 5.78 Å². The lowest BCUT2D eigenvalue weighted by atomic mass is 9.52. The number of allylic oxidation sites excluding steroid dienone is 1. The Morgan fingerprint density at radius 1 is 1.24 bits per heavy atom. The number of nitrogens with zero attached hydrogens (tertiary/aromatic N) is 1. The van der Waals surface area contributed by atoms with Gasteiger partial charge in [-0.1, -0.05) is 18.9 Å². The maximum atomic E-state index is 12.0. The third-order valence-electron chi connectivity index (χ3n) is 7.35. The molecule has 21 heavy (non-hydrogen) atoms. The first-order chi connectivity index (χ1) is 10.1. The van der Waals surface area contributed by atoms with Crippen molar-refractivity contribution in [1.29, 1.82) is 5.26 Å². The van der Waals surface area contributed by atoms with Gasteiger partial charge in [-0.25, -0.2) is 0 Å². The van der Waals surface area contributed by atoms with E-state index < -0.39 is 0 Å². The zero-order chi connectivity index (χ0) is 14.6. The topological polar surface area (TPSA) is 40.9 Å². The standard InChI is InChI=1S/C19H25NO/c1-19-7-2-3-17(19)15-5-4-12-10-18(21)13(11-20)9-16(12)14(15)6-8-19/h10,13-17H,2-9H2,1H3/t13?,14-,15+,16-,17-,19-/m0/s1. The summed E-state index contributed by atoms with van der Waals surface area (Å²) in [5.41, 5.74) is 1.98. The molecule has 0 aliphatic heterocycles. The van der Waals surface area contributed by atoms with Crippen molar-refractivity contribution < 1.29 is 4.79 Å². The Kier molecular flexibility index (Phi) is 3.03. The molecule has 4 rings (SSSR count). The van der Waals surface area contributed by atoms with Gasteiger partial charge in [0.2, 0.25) is 0 Å². The number of fused-ring (bicyclic) bond motifs is 5. The Balaban J connectivity index is 1.64. The number of hydrogen-bond donors (Lipinski definition) is 0. The van der Waals surface area contributed by atoms with Gasteiger partial charge >= 0.3 is 0 Å². The second-order valence-corrected chi connectivity index (χ2v) is 8.20. The highest BCUT2D eigenvalue weighted by Crippen LogP contribution is 2.61. The van der Waals surface area contributed by atoms with Crippen molar-refractivity contribution in [3.05, 3.63) is 11.6 Å². The lowest BCUT2D eigenvalue weighted by Gasteiger charge is -2.53. The van der Waals surface area contributed by atoms with Gasteiger partial charge in [-0.15, -0.1) is 0 Å². The van der Waals surface area contributed by atoms with E-state index in [2.05, 4.69) is 13.0 Å². The minimum Gasteiger partial charge on any atom is -0.293 e. The molecule has 0 N–H and O–H groups in total. The average molecular weight is 283 g/mol. The van der Waals surface area contributed by atoms with Crippen molar-refractivity contribution in [2.45, 2.75) is 58.3 Å². The van der Waals surface area contributed by atoms with E-state index in [1.165, 1.54) is 44.1 Å². The SMILES string of the molecule is C[C@@]12CCC[C@H]1[C@@H]1CCC3=CC(=O)C(C#N)C[C@@H]3[C@H]1CC2. The highest BCUT2D eigenvalue weighted by Gasteiger charge is 2.52. The minimum absolute atomic E-state index is 0.0729. The molecule has 0 aromatic heterocycles. The maximum Gasteiger partial charge on any atom is 0.172 e. The summed E-state index contributed by atoms with van der Waals surface area (Å²) in [7, 11) is 0. The molecule has 3 fully saturated rings. The quantitative estimate of drug-likeness (QED) is 0.666. The Labute approximate surface area is 127 Å². The van der Waals surface area contributed by atoms with Crippen LogP contribution in [-0.2, 0) is 4.79 Å². The Bertz CT molecular complexity index is 542. The summed E-state index contributed by atoms with van der Waals surface area (Å²) >= 11 is 0. The molecule has 0 aromatic carbocycles. The van der Waals surface area contributed by atoms with Crippen molar-refractivity contribution in [1.82, 2.24) is 0 Å². The summed E-state index contributed by atoms with van der Waals surface area (Å²) in [4.78, 5) is 12.0. The predicted octanol–water partition coefficient (Wildman–Crippen LogP) is 4.27. The molecule has 0 aromatic rings. The van der Waals surface area contributed by atoms with Crippen LogP contribution in [0, 0.1) is 46.3 Å². The van der Waals surface area contributed by atoms with Crippen LogP contribution in [0.15, 0.2) is 11.6 Å². The van der Waals surface area contributed by atoms with Gasteiger partial charge in [0.1, 0.15) is 5.92 Å². The molecular weight excluding hydrogens is 258 g/mol. The third kappa shape index (κ3) is 1.93. The lowest BCUT2D eigenvalue weighted by Crippen LogP contribution is -2.45. The number of rotatable bonds is 0. The lowest BCUT2D eigenvalue weighted by molar-refractivity contribution is -0.118. The van der Waals surface area contributed by atoms with Gasteiger partial charge in [0.05, 0.1) is 6.07 Å². The van der Waals surface area contributed by atoms with E-state index in [4.69, 9.17) is 0 Å².